The van der Waals surface area contributed by atoms with E-state index in [1.165, 1.54) is 6.07 Å². The average Bonchev–Trinajstić information content (AvgIpc) is 3.01. The normalized spacial score (nSPS) is 11.6. The Kier molecular flexibility index (Phi) is 7.19. The minimum absolute atomic E-state index is 0.0884. The number of rotatable bonds is 6. The quantitative estimate of drug-likeness (QED) is 0.354. The predicted molar refractivity (Wildman–Crippen MR) is 126 cm³/mol. The molecule has 1 amide bonds. The number of halogens is 2. The fourth-order valence-electron chi connectivity index (χ4n) is 3.28. The monoisotopic (exact) mass is 717 g/mol. The first-order chi connectivity index (χ1) is 14.1. The molecule has 2 aromatic carbocycles. The van der Waals surface area contributed by atoms with E-state index in [4.69, 9.17) is 0 Å². The zero-order chi connectivity index (χ0) is 22.1. The van der Waals surface area contributed by atoms with Gasteiger partial charge in [0, 0.05) is 0 Å². The number of hydrogen-bond donors (Lipinski definition) is 1. The van der Waals surface area contributed by atoms with Gasteiger partial charge in [0.1, 0.15) is 0 Å². The zero-order valence-electron chi connectivity index (χ0n) is 16.9. The molecule has 0 aliphatic carbocycles. The van der Waals surface area contributed by atoms with Gasteiger partial charge in [-0.05, 0) is 0 Å². The molecule has 3 aromatic rings. The second kappa shape index (κ2) is 9.31. The van der Waals surface area contributed by atoms with Crippen LogP contribution in [0.25, 0.3) is 10.9 Å². The fourth-order valence-corrected chi connectivity index (χ4v) is 8.50. The van der Waals surface area contributed by atoms with Gasteiger partial charge in [-0.3, -0.25) is 0 Å². The summed E-state index contributed by atoms with van der Waals surface area (Å²) in [7, 11) is 0. The van der Waals surface area contributed by atoms with Crippen molar-refractivity contribution < 1.29 is 19.1 Å². The van der Waals surface area contributed by atoms with Gasteiger partial charge in [-0.1, -0.05) is 0 Å². The molecular formula is C22H22FIN2O3Po. The molecule has 0 unspecified atom stereocenters. The van der Waals surface area contributed by atoms with Crippen LogP contribution >= 0.6 is 18.0 Å². The summed E-state index contributed by atoms with van der Waals surface area (Å²) in [5.41, 5.74) is 1.89. The molecule has 8 heteroatoms. The van der Waals surface area contributed by atoms with Crippen LogP contribution in [-0.2, 0) is 11.3 Å². The van der Waals surface area contributed by atoms with Crippen LogP contribution in [0.5, 0.6) is 0 Å². The molecule has 30 heavy (non-hydrogen) atoms. The van der Waals surface area contributed by atoms with Crippen molar-refractivity contribution in [3.8, 4) is 0 Å². The van der Waals surface area contributed by atoms with E-state index < -0.39 is 25.6 Å². The Labute approximate surface area is 196 Å². The Bertz CT molecular complexity index is 1110. The van der Waals surface area contributed by atoms with Crippen molar-refractivity contribution in [2.45, 2.75) is 33.7 Å². The number of aromatic nitrogens is 1. The van der Waals surface area contributed by atoms with Crippen LogP contribution in [0.2, 0.25) is 0 Å². The summed E-state index contributed by atoms with van der Waals surface area (Å²) in [6.45, 7) is 6.22. The van der Waals surface area contributed by atoms with E-state index >= 15 is 0 Å². The van der Waals surface area contributed by atoms with Crippen LogP contribution < -0.4 is 2.80 Å². The van der Waals surface area contributed by atoms with E-state index in [9.17, 15) is 19.1 Å². The van der Waals surface area contributed by atoms with Crippen molar-refractivity contribution in [2.75, 3.05) is 2.80 Å². The van der Waals surface area contributed by atoms with Crippen molar-refractivity contribution in [2.24, 2.45) is 5.41 Å². The Morgan fingerprint density at radius 2 is 1.87 bits per heavy atom. The maximum absolute atomic E-state index is 14.2. The summed E-state index contributed by atoms with van der Waals surface area (Å²) >= 11 is 1.21. The van der Waals surface area contributed by atoms with Crippen LogP contribution in [0.15, 0.2) is 48.5 Å². The maximum atomic E-state index is 14.2. The number of fused-ring (bicyclic) bond motifs is 1. The van der Waals surface area contributed by atoms with E-state index in [1.54, 1.807) is 28.8 Å². The van der Waals surface area contributed by atoms with Gasteiger partial charge >= 0.3 is 197 Å². The second-order valence-electron chi connectivity index (χ2n) is 8.25. The third-order valence-corrected chi connectivity index (χ3v) is 10.2. The van der Waals surface area contributed by atoms with Crippen molar-refractivity contribution in [1.29, 1.82) is 0 Å². The minimum atomic E-state index is -1.11. The van der Waals surface area contributed by atoms with Crippen molar-refractivity contribution in [3.05, 3.63) is 65.6 Å². The molecule has 0 fully saturated rings. The summed E-state index contributed by atoms with van der Waals surface area (Å²) in [6, 6.07) is 13.5. The third-order valence-electron chi connectivity index (χ3n) is 4.60. The number of carboxylic acid groups (broad SMARTS) is 1. The van der Waals surface area contributed by atoms with E-state index in [0.29, 0.717) is 17.5 Å². The number of hydrogen-bond acceptors (Lipinski definition) is 2. The number of carboxylic acids is 1. The predicted octanol–water partition coefficient (Wildman–Crippen LogP) is 5.27. The summed E-state index contributed by atoms with van der Waals surface area (Å²) in [5, 5.41) is 10.4. The Morgan fingerprint density at radius 3 is 2.47 bits per heavy atom. The third kappa shape index (κ3) is 5.20. The number of benzene rings is 2. The van der Waals surface area contributed by atoms with E-state index in [0.717, 1.165) is 11.1 Å². The van der Waals surface area contributed by atoms with Crippen LogP contribution in [0.1, 0.15) is 43.2 Å². The first-order valence-electron chi connectivity index (χ1n) is 9.32. The Hall–Kier alpha value is -1.52. The van der Waals surface area contributed by atoms with E-state index in [1.807, 2.05) is 41.8 Å². The molecule has 0 spiro atoms. The summed E-state index contributed by atoms with van der Waals surface area (Å²) in [4.78, 5) is 24.6. The standard InChI is InChI=1S/C22H23FN2O3.HI.Po/c1-22(2,3)12-20(26)24-16-8-9-18-15(10-16)11-19(21(27)28)25(18)13-14-6-4-5-7-17(14)23;;/h4-11H,12-13H2,1-3H3,(H2,24,26,27,28);1H;/q;;+2/p-2. The van der Waals surface area contributed by atoms with Gasteiger partial charge in [-0.25, -0.2) is 0 Å². The zero-order valence-corrected chi connectivity index (χ0v) is 22.2. The topological polar surface area (TPSA) is 62.5 Å². The molecule has 158 valence electrons. The molecule has 0 saturated heterocycles. The van der Waals surface area contributed by atoms with Gasteiger partial charge in [0.05, 0.1) is 0 Å². The SMILES string of the molecule is CC(C)(C)CC(=O)[N]([Po][I])c1ccc2c(c1)cc(C(=O)O)n2Cc1ccccc1F. The molecule has 1 heterocycles. The van der Waals surface area contributed by atoms with Gasteiger partial charge in [0.2, 0.25) is 0 Å². The Morgan fingerprint density at radius 1 is 1.17 bits per heavy atom. The van der Waals surface area contributed by atoms with Crippen molar-refractivity contribution in [3.63, 3.8) is 0 Å². The number of aromatic carboxylic acids is 1. The van der Waals surface area contributed by atoms with Gasteiger partial charge in [-0.15, -0.1) is 0 Å². The Balaban J connectivity index is 2.04. The van der Waals surface area contributed by atoms with Crippen LogP contribution in [0, 0.1) is 11.2 Å². The number of amides is 1. The molecule has 3 rings (SSSR count). The first kappa shape index (κ1) is 23.1. The molecule has 1 N–H and O–H groups in total. The van der Waals surface area contributed by atoms with Crippen LogP contribution in [0.3, 0.4) is 0 Å². The number of carbonyl (C=O) groups excluding carboxylic acids is 1. The molecule has 0 saturated carbocycles. The van der Waals surface area contributed by atoms with Gasteiger partial charge in [0.15, 0.2) is 0 Å². The average molecular weight is 717 g/mol. The van der Waals surface area contributed by atoms with Gasteiger partial charge in [0.25, 0.3) is 0 Å². The van der Waals surface area contributed by atoms with Gasteiger partial charge in [-0.2, -0.15) is 0 Å². The summed E-state index contributed by atoms with van der Waals surface area (Å²) < 4.78 is 17.6. The van der Waals surface area contributed by atoms with Gasteiger partial charge < -0.3 is 0 Å². The molecule has 0 radical (unpaired) electrons. The van der Waals surface area contributed by atoms with Crippen LogP contribution in [-0.4, -0.2) is 41.2 Å². The van der Waals surface area contributed by atoms with E-state index in [2.05, 4.69) is 18.0 Å². The number of anilines is 1. The molecule has 5 nitrogen and oxygen atoms in total. The fraction of sp³-hybridized carbons (Fsp3) is 0.273. The number of carbonyl (C=O) groups is 2. The molecule has 0 aliphatic rings. The number of nitrogens with zero attached hydrogens (tertiary/aromatic N) is 2. The molecular weight excluding hydrogens is 695 g/mol. The van der Waals surface area contributed by atoms with E-state index in [-0.39, 0.29) is 29.4 Å². The van der Waals surface area contributed by atoms with Crippen molar-refractivity contribution >= 4 is 66.1 Å². The summed E-state index contributed by atoms with van der Waals surface area (Å²) in [5.74, 6) is -1.36. The molecule has 1 aromatic heterocycles. The second-order valence-corrected chi connectivity index (χ2v) is 13.7. The molecule has 0 bridgehead atoms. The summed E-state index contributed by atoms with van der Waals surface area (Å²) in [6.07, 6.45) is 0.447. The molecule has 0 aliphatic heterocycles. The molecule has 0 atom stereocenters. The first-order valence-corrected chi connectivity index (χ1v) is 19.7. The van der Waals surface area contributed by atoms with Crippen LogP contribution in [0.4, 0.5) is 10.1 Å². The van der Waals surface area contributed by atoms with Crippen molar-refractivity contribution in [1.82, 2.24) is 4.57 Å².